The Morgan fingerprint density at radius 1 is 1.30 bits per heavy atom. The van der Waals surface area contributed by atoms with Crippen molar-refractivity contribution in [3.63, 3.8) is 0 Å². The fourth-order valence-electron chi connectivity index (χ4n) is 3.42. The molecule has 4 heteroatoms. The number of carbonyl (C=O) groups excluding carboxylic acids is 1. The number of carbonyl (C=O) groups is 2. The standard InChI is InChI=1S/C19H21NO3/c1-2-7-13(19(22)23)12-18(21)20-16-10-5-3-8-14(16)15-9-4-6-11-17(15)20/h3,5-6,8,10-11,13H,2,4,7,9,12H2,1H3,(H,22,23)/t13-/m1/s1. The minimum Gasteiger partial charge on any atom is -0.481 e. The Labute approximate surface area is 135 Å². The summed E-state index contributed by atoms with van der Waals surface area (Å²) in [5, 5.41) is 10.4. The second-order valence-corrected chi connectivity index (χ2v) is 6.08. The maximum Gasteiger partial charge on any atom is 0.307 e. The van der Waals surface area contributed by atoms with Gasteiger partial charge in [-0.25, -0.2) is 0 Å². The highest BCUT2D eigenvalue weighted by Crippen LogP contribution is 2.32. The van der Waals surface area contributed by atoms with Crippen LogP contribution in [0.1, 0.15) is 48.7 Å². The summed E-state index contributed by atoms with van der Waals surface area (Å²) in [4.78, 5) is 24.2. The Morgan fingerprint density at radius 3 is 2.83 bits per heavy atom. The molecule has 1 aliphatic carbocycles. The molecule has 1 heterocycles. The van der Waals surface area contributed by atoms with Crippen LogP contribution in [0.5, 0.6) is 0 Å². The van der Waals surface area contributed by atoms with Gasteiger partial charge in [-0.1, -0.05) is 37.6 Å². The molecule has 0 unspecified atom stereocenters. The molecule has 0 saturated carbocycles. The number of aliphatic carboxylic acids is 1. The van der Waals surface area contributed by atoms with Gasteiger partial charge in [-0.05, 0) is 37.0 Å². The van der Waals surface area contributed by atoms with Gasteiger partial charge in [0.15, 0.2) is 0 Å². The highest BCUT2D eigenvalue weighted by Gasteiger charge is 2.25. The third kappa shape index (κ3) is 2.81. The van der Waals surface area contributed by atoms with E-state index in [-0.39, 0.29) is 12.3 Å². The van der Waals surface area contributed by atoms with Crippen LogP contribution < -0.4 is 0 Å². The second kappa shape index (κ2) is 6.41. The Bertz CT molecular complexity index is 785. The third-order valence-corrected chi connectivity index (χ3v) is 4.51. The number of nitrogens with zero attached hydrogens (tertiary/aromatic N) is 1. The maximum absolute atomic E-state index is 12.8. The highest BCUT2D eigenvalue weighted by atomic mass is 16.4. The first-order valence-electron chi connectivity index (χ1n) is 8.18. The highest BCUT2D eigenvalue weighted by molar-refractivity contribution is 5.99. The molecule has 0 fully saturated rings. The molecule has 1 aromatic carbocycles. The first-order valence-corrected chi connectivity index (χ1v) is 8.18. The molecule has 2 aromatic rings. The van der Waals surface area contributed by atoms with Crippen molar-refractivity contribution in [3.8, 4) is 0 Å². The lowest BCUT2D eigenvalue weighted by molar-refractivity contribution is -0.141. The van der Waals surface area contributed by atoms with Gasteiger partial charge >= 0.3 is 5.97 Å². The lowest BCUT2D eigenvalue weighted by Gasteiger charge is -2.14. The number of allylic oxidation sites excluding steroid dienone is 1. The van der Waals surface area contributed by atoms with Crippen LogP contribution >= 0.6 is 0 Å². The van der Waals surface area contributed by atoms with Crippen LogP contribution in [0.2, 0.25) is 0 Å². The smallest absolute Gasteiger partial charge is 0.307 e. The quantitative estimate of drug-likeness (QED) is 0.903. The van der Waals surface area contributed by atoms with Crippen LogP contribution in [0.4, 0.5) is 0 Å². The summed E-state index contributed by atoms with van der Waals surface area (Å²) in [6.45, 7) is 1.94. The molecule has 0 amide bonds. The summed E-state index contributed by atoms with van der Waals surface area (Å²) >= 11 is 0. The van der Waals surface area contributed by atoms with Crippen LogP contribution in [0.15, 0.2) is 30.3 Å². The molecule has 1 aliphatic rings. The Morgan fingerprint density at radius 2 is 2.09 bits per heavy atom. The van der Waals surface area contributed by atoms with Crippen molar-refractivity contribution in [1.82, 2.24) is 4.57 Å². The van der Waals surface area contributed by atoms with Gasteiger partial charge in [-0.3, -0.25) is 14.2 Å². The van der Waals surface area contributed by atoms with Crippen LogP contribution in [-0.4, -0.2) is 21.6 Å². The molecule has 120 valence electrons. The number of carboxylic acid groups (broad SMARTS) is 1. The number of hydrogen-bond donors (Lipinski definition) is 1. The molecule has 0 saturated heterocycles. The van der Waals surface area contributed by atoms with Crippen molar-refractivity contribution in [1.29, 1.82) is 0 Å². The predicted molar refractivity (Wildman–Crippen MR) is 90.6 cm³/mol. The van der Waals surface area contributed by atoms with E-state index in [1.807, 2.05) is 37.3 Å². The zero-order valence-electron chi connectivity index (χ0n) is 13.3. The van der Waals surface area contributed by atoms with Crippen molar-refractivity contribution >= 4 is 28.9 Å². The first-order chi connectivity index (χ1) is 11.1. The maximum atomic E-state index is 12.8. The van der Waals surface area contributed by atoms with Gasteiger partial charge in [-0.2, -0.15) is 0 Å². The molecule has 4 nitrogen and oxygen atoms in total. The van der Waals surface area contributed by atoms with Crippen molar-refractivity contribution in [2.45, 2.75) is 39.0 Å². The molecule has 0 aliphatic heterocycles. The second-order valence-electron chi connectivity index (χ2n) is 6.08. The van der Waals surface area contributed by atoms with E-state index in [1.54, 1.807) is 4.57 Å². The molecule has 0 spiro atoms. The fourth-order valence-corrected chi connectivity index (χ4v) is 3.42. The molecule has 0 radical (unpaired) electrons. The number of benzene rings is 1. The summed E-state index contributed by atoms with van der Waals surface area (Å²) in [6, 6.07) is 7.88. The summed E-state index contributed by atoms with van der Waals surface area (Å²) in [5.74, 6) is -1.63. The van der Waals surface area contributed by atoms with E-state index >= 15 is 0 Å². The summed E-state index contributed by atoms with van der Waals surface area (Å²) in [6.07, 6.45) is 7.29. The van der Waals surface area contributed by atoms with E-state index in [4.69, 9.17) is 0 Å². The predicted octanol–water partition coefficient (Wildman–Crippen LogP) is 4.13. The number of para-hydroxylation sites is 1. The van der Waals surface area contributed by atoms with Crippen molar-refractivity contribution in [2.75, 3.05) is 0 Å². The van der Waals surface area contributed by atoms with Gasteiger partial charge in [0, 0.05) is 11.8 Å². The Balaban J connectivity index is 2.04. The monoisotopic (exact) mass is 311 g/mol. The van der Waals surface area contributed by atoms with E-state index in [0.717, 1.165) is 35.9 Å². The van der Waals surface area contributed by atoms with E-state index < -0.39 is 11.9 Å². The average Bonchev–Trinajstić information content (AvgIpc) is 2.89. The molecule has 23 heavy (non-hydrogen) atoms. The Hall–Kier alpha value is -2.36. The average molecular weight is 311 g/mol. The summed E-state index contributed by atoms with van der Waals surface area (Å²) in [7, 11) is 0. The van der Waals surface area contributed by atoms with Crippen LogP contribution in [0, 0.1) is 5.92 Å². The van der Waals surface area contributed by atoms with Crippen LogP contribution in [-0.2, 0) is 11.2 Å². The molecule has 1 atom stereocenters. The van der Waals surface area contributed by atoms with E-state index in [2.05, 4.69) is 6.08 Å². The third-order valence-electron chi connectivity index (χ3n) is 4.51. The number of hydrogen-bond acceptors (Lipinski definition) is 2. The lowest BCUT2D eigenvalue weighted by atomic mass is 9.99. The van der Waals surface area contributed by atoms with Gasteiger partial charge in [0.05, 0.1) is 17.1 Å². The molecule has 3 rings (SSSR count). The summed E-state index contributed by atoms with van der Waals surface area (Å²) < 4.78 is 1.71. The van der Waals surface area contributed by atoms with Crippen molar-refractivity contribution < 1.29 is 14.7 Å². The van der Waals surface area contributed by atoms with Gasteiger partial charge in [0.1, 0.15) is 0 Å². The largest absolute Gasteiger partial charge is 0.481 e. The number of carboxylic acids is 1. The van der Waals surface area contributed by atoms with Gasteiger partial charge < -0.3 is 5.11 Å². The first kappa shape index (κ1) is 15.5. The molecular weight excluding hydrogens is 290 g/mol. The minimum atomic E-state index is -0.888. The molecule has 0 bridgehead atoms. The normalized spacial score (nSPS) is 14.7. The number of fused-ring (bicyclic) bond motifs is 3. The van der Waals surface area contributed by atoms with Crippen molar-refractivity contribution in [2.24, 2.45) is 5.92 Å². The fraction of sp³-hybridized carbons (Fsp3) is 0.368. The van der Waals surface area contributed by atoms with Crippen molar-refractivity contribution in [3.05, 3.63) is 41.6 Å². The lowest BCUT2D eigenvalue weighted by Crippen LogP contribution is -2.22. The van der Waals surface area contributed by atoms with E-state index in [0.29, 0.717) is 6.42 Å². The molecule has 1 N–H and O–H groups in total. The van der Waals surface area contributed by atoms with Crippen LogP contribution in [0.25, 0.3) is 17.0 Å². The SMILES string of the molecule is CCC[C@H](CC(=O)n1c2c(c3ccccc31)CCC=C2)C(=O)O. The summed E-state index contributed by atoms with van der Waals surface area (Å²) in [5.41, 5.74) is 3.00. The topological polar surface area (TPSA) is 59.3 Å². The number of rotatable bonds is 5. The zero-order valence-corrected chi connectivity index (χ0v) is 13.3. The van der Waals surface area contributed by atoms with E-state index in [1.165, 1.54) is 5.56 Å². The number of aryl methyl sites for hydroxylation is 1. The van der Waals surface area contributed by atoms with Crippen LogP contribution in [0.3, 0.4) is 0 Å². The number of aromatic nitrogens is 1. The zero-order chi connectivity index (χ0) is 16.4. The van der Waals surface area contributed by atoms with E-state index in [9.17, 15) is 14.7 Å². The van der Waals surface area contributed by atoms with Gasteiger partial charge in [-0.15, -0.1) is 0 Å². The molecular formula is C19H21NO3. The Kier molecular flexibility index (Phi) is 4.33. The van der Waals surface area contributed by atoms with Gasteiger partial charge in [0.25, 0.3) is 0 Å². The molecule has 1 aromatic heterocycles. The van der Waals surface area contributed by atoms with Gasteiger partial charge in [0.2, 0.25) is 5.91 Å². The minimum absolute atomic E-state index is 0.0438.